The molecule has 2 aliphatic rings. The van der Waals surface area contributed by atoms with Gasteiger partial charge in [-0.25, -0.2) is 8.42 Å². The van der Waals surface area contributed by atoms with Crippen molar-refractivity contribution in [3.05, 3.63) is 65.2 Å². The quantitative estimate of drug-likeness (QED) is 0.809. The highest BCUT2D eigenvalue weighted by atomic mass is 32.2. The lowest BCUT2D eigenvalue weighted by atomic mass is 10.1. The van der Waals surface area contributed by atoms with Crippen molar-refractivity contribution in [1.29, 1.82) is 0 Å². The summed E-state index contributed by atoms with van der Waals surface area (Å²) in [6.45, 7) is 4.14. The maximum absolute atomic E-state index is 12.2. The molecule has 2 aromatic carbocycles. The summed E-state index contributed by atoms with van der Waals surface area (Å²) < 4.78 is 24.3. The van der Waals surface area contributed by atoms with Crippen LogP contribution < -0.4 is 4.90 Å². The Morgan fingerprint density at radius 3 is 2.65 bits per heavy atom. The molecule has 2 atom stereocenters. The zero-order valence-corrected chi connectivity index (χ0v) is 16.6. The van der Waals surface area contributed by atoms with Crippen LogP contribution in [0.1, 0.15) is 16.7 Å². The number of rotatable bonds is 3. The number of amidine groups is 1. The lowest BCUT2D eigenvalue weighted by Crippen LogP contribution is -2.39. The Labute approximate surface area is 159 Å². The Hall–Kier alpha value is -1.79. The number of hydrogen-bond donors (Lipinski definition) is 0. The Morgan fingerprint density at radius 1 is 1.12 bits per heavy atom. The molecule has 0 aliphatic carbocycles. The lowest BCUT2D eigenvalue weighted by Gasteiger charge is -2.28. The van der Waals surface area contributed by atoms with Crippen LogP contribution in [0.4, 0.5) is 5.69 Å². The third kappa shape index (κ3) is 3.40. The molecule has 26 heavy (non-hydrogen) atoms. The molecule has 0 amide bonds. The standard InChI is InChI=1S/C20H22N2O2S2/c1-14-8-9-15(2)18(10-14)22-19-13-26(23,24)12-17(19)21-20(22)25-11-16-6-4-3-5-7-16/h3-10,17,19H,11-13H2,1-2H3/t17-,19+/m1/s1. The van der Waals surface area contributed by atoms with E-state index < -0.39 is 9.84 Å². The van der Waals surface area contributed by atoms with Gasteiger partial charge in [0, 0.05) is 11.4 Å². The molecule has 1 fully saturated rings. The van der Waals surface area contributed by atoms with E-state index in [9.17, 15) is 8.42 Å². The third-order valence-electron chi connectivity index (χ3n) is 4.94. The number of sulfone groups is 1. The van der Waals surface area contributed by atoms with Crippen molar-refractivity contribution in [3.8, 4) is 0 Å². The molecular weight excluding hydrogens is 364 g/mol. The fourth-order valence-corrected chi connectivity index (χ4v) is 6.53. The SMILES string of the molecule is Cc1ccc(C)c(N2C(SCc3ccccc3)=N[C@@H]3CS(=O)(=O)C[C@@H]32)c1. The minimum Gasteiger partial charge on any atom is -0.315 e. The van der Waals surface area contributed by atoms with Crippen molar-refractivity contribution in [3.63, 3.8) is 0 Å². The van der Waals surface area contributed by atoms with Gasteiger partial charge in [0.25, 0.3) is 0 Å². The summed E-state index contributed by atoms with van der Waals surface area (Å²) in [7, 11) is -3.02. The molecule has 2 aliphatic heterocycles. The average molecular weight is 387 g/mol. The van der Waals surface area contributed by atoms with Gasteiger partial charge in [-0.05, 0) is 36.6 Å². The van der Waals surface area contributed by atoms with E-state index in [0.717, 1.165) is 22.2 Å². The molecule has 0 unspecified atom stereocenters. The maximum atomic E-state index is 12.2. The maximum Gasteiger partial charge on any atom is 0.164 e. The molecule has 2 heterocycles. The van der Waals surface area contributed by atoms with Crippen LogP contribution in [-0.4, -0.2) is 37.2 Å². The van der Waals surface area contributed by atoms with Gasteiger partial charge in [0.15, 0.2) is 15.0 Å². The average Bonchev–Trinajstić information content (AvgIpc) is 3.07. The van der Waals surface area contributed by atoms with Gasteiger partial charge in [-0.3, -0.25) is 4.99 Å². The fourth-order valence-electron chi connectivity index (χ4n) is 3.62. The van der Waals surface area contributed by atoms with E-state index in [2.05, 4.69) is 49.1 Å². The van der Waals surface area contributed by atoms with Gasteiger partial charge in [0.05, 0.1) is 23.6 Å². The normalized spacial score (nSPS) is 23.8. The van der Waals surface area contributed by atoms with Crippen LogP contribution in [0.3, 0.4) is 0 Å². The highest BCUT2D eigenvalue weighted by Crippen LogP contribution is 2.37. The molecule has 0 aromatic heterocycles. The molecule has 6 heteroatoms. The van der Waals surface area contributed by atoms with Gasteiger partial charge in [0.2, 0.25) is 0 Å². The summed E-state index contributed by atoms with van der Waals surface area (Å²) in [6, 6.07) is 16.4. The van der Waals surface area contributed by atoms with E-state index in [0.29, 0.717) is 0 Å². The van der Waals surface area contributed by atoms with E-state index >= 15 is 0 Å². The van der Waals surface area contributed by atoms with Crippen LogP contribution in [0.25, 0.3) is 0 Å². The molecule has 1 saturated heterocycles. The van der Waals surface area contributed by atoms with Crippen molar-refractivity contribution in [1.82, 2.24) is 0 Å². The lowest BCUT2D eigenvalue weighted by molar-refractivity contribution is 0.601. The Kier molecular flexibility index (Phi) is 4.57. The number of aliphatic imine (C=N–C) groups is 1. The highest BCUT2D eigenvalue weighted by Gasteiger charge is 2.47. The number of benzene rings is 2. The number of anilines is 1. The van der Waals surface area contributed by atoms with Crippen LogP contribution in [0, 0.1) is 13.8 Å². The van der Waals surface area contributed by atoms with Crippen molar-refractivity contribution < 1.29 is 8.42 Å². The highest BCUT2D eigenvalue weighted by molar-refractivity contribution is 8.13. The summed E-state index contributed by atoms with van der Waals surface area (Å²) in [5, 5.41) is 0.937. The number of nitrogens with zero attached hydrogens (tertiary/aromatic N) is 2. The second kappa shape index (κ2) is 6.74. The van der Waals surface area contributed by atoms with Crippen LogP contribution in [-0.2, 0) is 15.6 Å². The van der Waals surface area contributed by atoms with Gasteiger partial charge >= 0.3 is 0 Å². The molecule has 4 rings (SSSR count). The molecule has 0 spiro atoms. The van der Waals surface area contributed by atoms with Crippen LogP contribution >= 0.6 is 11.8 Å². The zero-order valence-electron chi connectivity index (χ0n) is 14.9. The first-order valence-electron chi connectivity index (χ1n) is 8.74. The zero-order chi connectivity index (χ0) is 18.3. The van der Waals surface area contributed by atoms with Crippen molar-refractivity contribution in [2.24, 2.45) is 4.99 Å². The number of hydrogen-bond acceptors (Lipinski definition) is 5. The Balaban J connectivity index is 1.67. The summed E-state index contributed by atoms with van der Waals surface area (Å²) in [4.78, 5) is 6.99. The molecular formula is C20H22N2O2S2. The number of fused-ring (bicyclic) bond motifs is 1. The van der Waals surface area contributed by atoms with Crippen molar-refractivity contribution in [2.75, 3.05) is 16.4 Å². The minimum absolute atomic E-state index is 0.0845. The molecule has 2 aromatic rings. The van der Waals surface area contributed by atoms with Gasteiger partial charge in [-0.15, -0.1) is 0 Å². The van der Waals surface area contributed by atoms with Gasteiger partial charge in [0.1, 0.15) is 0 Å². The molecule has 0 saturated carbocycles. The van der Waals surface area contributed by atoms with E-state index in [4.69, 9.17) is 4.99 Å². The smallest absolute Gasteiger partial charge is 0.164 e. The van der Waals surface area contributed by atoms with Crippen LogP contribution in [0.15, 0.2) is 53.5 Å². The number of thioether (sulfide) groups is 1. The topological polar surface area (TPSA) is 49.7 Å². The van der Waals surface area contributed by atoms with Crippen molar-refractivity contribution >= 4 is 32.5 Å². The second-order valence-electron chi connectivity index (χ2n) is 7.06. The Bertz CT molecular complexity index is 955. The second-order valence-corrected chi connectivity index (χ2v) is 10.2. The largest absolute Gasteiger partial charge is 0.315 e. The van der Waals surface area contributed by atoms with Gasteiger partial charge in [-0.1, -0.05) is 54.2 Å². The number of aryl methyl sites for hydroxylation is 2. The summed E-state index contributed by atoms with van der Waals surface area (Å²) in [6.07, 6.45) is 0. The third-order valence-corrected chi connectivity index (χ3v) is 7.68. The van der Waals surface area contributed by atoms with Crippen LogP contribution in [0.2, 0.25) is 0 Å². The van der Waals surface area contributed by atoms with Gasteiger partial charge < -0.3 is 4.90 Å². The fraction of sp³-hybridized carbons (Fsp3) is 0.350. The molecule has 0 radical (unpaired) electrons. The first-order valence-corrected chi connectivity index (χ1v) is 11.5. The monoisotopic (exact) mass is 386 g/mol. The predicted molar refractivity (Wildman–Crippen MR) is 110 cm³/mol. The Morgan fingerprint density at radius 2 is 1.88 bits per heavy atom. The molecule has 136 valence electrons. The molecule has 0 N–H and O–H groups in total. The predicted octanol–water partition coefficient (Wildman–Crippen LogP) is 3.58. The first-order chi connectivity index (χ1) is 12.4. The summed E-state index contributed by atoms with van der Waals surface area (Å²) >= 11 is 1.69. The first kappa shape index (κ1) is 17.6. The van der Waals surface area contributed by atoms with E-state index in [1.807, 2.05) is 18.2 Å². The summed E-state index contributed by atoms with van der Waals surface area (Å²) in [5.41, 5.74) is 4.63. The van der Waals surface area contributed by atoms with E-state index in [-0.39, 0.29) is 23.6 Å². The van der Waals surface area contributed by atoms with Gasteiger partial charge in [-0.2, -0.15) is 0 Å². The summed E-state index contributed by atoms with van der Waals surface area (Å²) in [5.74, 6) is 1.17. The van der Waals surface area contributed by atoms with Crippen LogP contribution in [0.5, 0.6) is 0 Å². The molecule has 4 nitrogen and oxygen atoms in total. The van der Waals surface area contributed by atoms with Crippen molar-refractivity contribution in [2.45, 2.75) is 31.7 Å². The minimum atomic E-state index is -3.02. The van der Waals surface area contributed by atoms with E-state index in [1.165, 1.54) is 11.1 Å². The molecule has 0 bridgehead atoms. The van der Waals surface area contributed by atoms with E-state index in [1.54, 1.807) is 11.8 Å².